The maximum Gasteiger partial charge on any atom is 0.323 e. The number of hydrogen-bond donors (Lipinski definition) is 1. The third kappa shape index (κ3) is 3.49. The highest BCUT2D eigenvalue weighted by atomic mass is 16.5. The molecule has 0 radical (unpaired) electrons. The summed E-state index contributed by atoms with van der Waals surface area (Å²) in [5, 5.41) is 0. The maximum atomic E-state index is 11.7. The summed E-state index contributed by atoms with van der Waals surface area (Å²) in [4.78, 5) is 11.7. The van der Waals surface area contributed by atoms with Gasteiger partial charge in [-0.1, -0.05) is 27.2 Å². The Hall–Kier alpha value is -0.570. The number of esters is 1. The molecule has 0 spiro atoms. The Bertz CT molecular complexity index is 216. The molecule has 0 heterocycles. The van der Waals surface area contributed by atoms with Crippen LogP contribution in [0.1, 0.15) is 46.5 Å². The summed E-state index contributed by atoms with van der Waals surface area (Å²) in [6, 6.07) is -0.473. The van der Waals surface area contributed by atoms with E-state index < -0.39 is 6.04 Å². The van der Waals surface area contributed by atoms with Gasteiger partial charge in [0.2, 0.25) is 0 Å². The highest BCUT2D eigenvalue weighted by Crippen LogP contribution is 2.26. The van der Waals surface area contributed by atoms with Crippen LogP contribution in [-0.2, 0) is 9.53 Å². The average Bonchev–Trinajstić information content (AvgIpc) is 2.20. The third-order valence-corrected chi connectivity index (χ3v) is 3.29. The number of hydrogen-bond acceptors (Lipinski definition) is 3. The molecule has 0 aliphatic heterocycles. The summed E-state index contributed by atoms with van der Waals surface area (Å²) >= 11 is 0. The van der Waals surface area contributed by atoms with Crippen molar-refractivity contribution < 1.29 is 9.53 Å². The van der Waals surface area contributed by atoms with E-state index in [9.17, 15) is 4.79 Å². The second-order valence-corrected chi connectivity index (χ2v) is 5.01. The zero-order valence-electron chi connectivity index (χ0n) is 10.0. The maximum absolute atomic E-state index is 11.7. The van der Waals surface area contributed by atoms with Gasteiger partial charge in [0.15, 0.2) is 0 Å². The van der Waals surface area contributed by atoms with E-state index in [1.54, 1.807) is 0 Å². The first-order valence-electron chi connectivity index (χ1n) is 5.98. The quantitative estimate of drug-likeness (QED) is 0.730. The van der Waals surface area contributed by atoms with E-state index in [2.05, 4.69) is 6.92 Å². The van der Waals surface area contributed by atoms with E-state index in [4.69, 9.17) is 10.5 Å². The molecular formula is C12H23NO2. The molecule has 88 valence electrons. The molecule has 1 rings (SSSR count). The minimum atomic E-state index is -0.473. The van der Waals surface area contributed by atoms with Gasteiger partial charge < -0.3 is 10.5 Å². The van der Waals surface area contributed by atoms with E-state index in [0.29, 0.717) is 5.92 Å². The summed E-state index contributed by atoms with van der Waals surface area (Å²) in [6.07, 6.45) is 4.67. The minimum Gasteiger partial charge on any atom is -0.461 e. The Morgan fingerprint density at radius 1 is 1.33 bits per heavy atom. The van der Waals surface area contributed by atoms with Crippen LogP contribution in [0.3, 0.4) is 0 Å². The average molecular weight is 213 g/mol. The van der Waals surface area contributed by atoms with Crippen molar-refractivity contribution in [2.75, 3.05) is 0 Å². The van der Waals surface area contributed by atoms with Gasteiger partial charge in [-0.15, -0.1) is 0 Å². The fraction of sp³-hybridized carbons (Fsp3) is 0.917. The molecule has 1 saturated carbocycles. The van der Waals surface area contributed by atoms with E-state index in [0.717, 1.165) is 12.8 Å². The third-order valence-electron chi connectivity index (χ3n) is 3.29. The van der Waals surface area contributed by atoms with E-state index >= 15 is 0 Å². The van der Waals surface area contributed by atoms with Crippen LogP contribution in [0.2, 0.25) is 0 Å². The van der Waals surface area contributed by atoms with Gasteiger partial charge in [0.25, 0.3) is 0 Å². The molecule has 3 nitrogen and oxygen atoms in total. The first-order valence-corrected chi connectivity index (χ1v) is 5.98. The Kier molecular flexibility index (Phi) is 4.58. The van der Waals surface area contributed by atoms with Crippen LogP contribution >= 0.6 is 0 Å². The molecule has 0 aromatic carbocycles. The molecule has 2 N–H and O–H groups in total. The lowest BCUT2D eigenvalue weighted by Gasteiger charge is -2.29. The zero-order chi connectivity index (χ0) is 11.4. The number of carbonyl (C=O) groups is 1. The van der Waals surface area contributed by atoms with Crippen molar-refractivity contribution in [3.05, 3.63) is 0 Å². The smallest absolute Gasteiger partial charge is 0.323 e. The van der Waals surface area contributed by atoms with Gasteiger partial charge in [0.1, 0.15) is 12.1 Å². The lowest BCUT2D eigenvalue weighted by molar-refractivity contribution is -0.155. The van der Waals surface area contributed by atoms with Gasteiger partial charge in [-0.2, -0.15) is 0 Å². The molecule has 1 fully saturated rings. The molecule has 0 saturated heterocycles. The van der Waals surface area contributed by atoms with Crippen molar-refractivity contribution in [1.29, 1.82) is 0 Å². The van der Waals surface area contributed by atoms with Crippen molar-refractivity contribution in [3.63, 3.8) is 0 Å². The molecular weight excluding hydrogens is 190 g/mol. The summed E-state index contributed by atoms with van der Waals surface area (Å²) in [6.45, 7) is 6.03. The second-order valence-electron chi connectivity index (χ2n) is 5.01. The zero-order valence-corrected chi connectivity index (χ0v) is 10.0. The van der Waals surface area contributed by atoms with Gasteiger partial charge in [0.05, 0.1) is 0 Å². The van der Waals surface area contributed by atoms with E-state index in [1.807, 2.05) is 13.8 Å². The highest BCUT2D eigenvalue weighted by Gasteiger charge is 2.27. The van der Waals surface area contributed by atoms with Gasteiger partial charge in [-0.25, -0.2) is 0 Å². The predicted molar refractivity (Wildman–Crippen MR) is 60.3 cm³/mol. The molecule has 0 bridgehead atoms. The summed E-state index contributed by atoms with van der Waals surface area (Å²) in [5.74, 6) is 0.405. The lowest BCUT2D eigenvalue weighted by Crippen LogP contribution is -2.40. The summed E-state index contributed by atoms with van der Waals surface area (Å²) in [5.41, 5.74) is 5.75. The Morgan fingerprint density at radius 2 is 1.93 bits per heavy atom. The Balaban J connectivity index is 2.42. The summed E-state index contributed by atoms with van der Waals surface area (Å²) in [7, 11) is 0. The van der Waals surface area contributed by atoms with E-state index in [-0.39, 0.29) is 18.0 Å². The number of rotatable bonds is 3. The normalized spacial score (nSPS) is 28.9. The van der Waals surface area contributed by atoms with Gasteiger partial charge in [-0.05, 0) is 31.1 Å². The van der Waals surface area contributed by atoms with Crippen LogP contribution in [0.4, 0.5) is 0 Å². The van der Waals surface area contributed by atoms with Crippen molar-refractivity contribution >= 4 is 5.97 Å². The van der Waals surface area contributed by atoms with Crippen LogP contribution in [0.5, 0.6) is 0 Å². The first-order chi connectivity index (χ1) is 7.02. The molecule has 0 aromatic rings. The number of ether oxygens (including phenoxy) is 1. The fourth-order valence-corrected chi connectivity index (χ4v) is 1.96. The van der Waals surface area contributed by atoms with Crippen molar-refractivity contribution in [2.45, 2.75) is 58.6 Å². The topological polar surface area (TPSA) is 52.3 Å². The standard InChI is InChI=1S/C12H23NO2/c1-8(2)11(13)12(14)15-10-7-5-4-6-9(10)3/h8-11H,4-7,13H2,1-3H3. The first kappa shape index (κ1) is 12.5. The molecule has 3 unspecified atom stereocenters. The van der Waals surface area contributed by atoms with Crippen molar-refractivity contribution in [1.82, 2.24) is 0 Å². The van der Waals surface area contributed by atoms with Crippen LogP contribution in [0, 0.1) is 11.8 Å². The molecule has 1 aliphatic rings. The van der Waals surface area contributed by atoms with Crippen molar-refractivity contribution in [2.24, 2.45) is 17.6 Å². The highest BCUT2D eigenvalue weighted by molar-refractivity contribution is 5.75. The predicted octanol–water partition coefficient (Wildman–Crippen LogP) is 2.09. The summed E-state index contributed by atoms with van der Waals surface area (Å²) < 4.78 is 5.46. The molecule has 0 amide bonds. The largest absolute Gasteiger partial charge is 0.461 e. The minimum absolute atomic E-state index is 0.0936. The van der Waals surface area contributed by atoms with Crippen LogP contribution < -0.4 is 5.73 Å². The molecule has 0 aromatic heterocycles. The van der Waals surface area contributed by atoms with Gasteiger partial charge in [0, 0.05) is 0 Å². The number of carbonyl (C=O) groups excluding carboxylic acids is 1. The Labute approximate surface area is 92.4 Å². The molecule has 3 heteroatoms. The van der Waals surface area contributed by atoms with Gasteiger partial charge in [-0.3, -0.25) is 4.79 Å². The van der Waals surface area contributed by atoms with Crippen LogP contribution in [-0.4, -0.2) is 18.1 Å². The lowest BCUT2D eigenvalue weighted by atomic mass is 9.88. The van der Waals surface area contributed by atoms with Crippen LogP contribution in [0.15, 0.2) is 0 Å². The van der Waals surface area contributed by atoms with E-state index in [1.165, 1.54) is 12.8 Å². The number of nitrogens with two attached hydrogens (primary N) is 1. The van der Waals surface area contributed by atoms with Crippen molar-refractivity contribution in [3.8, 4) is 0 Å². The monoisotopic (exact) mass is 213 g/mol. The Morgan fingerprint density at radius 3 is 2.47 bits per heavy atom. The SMILES string of the molecule is CC(C)C(N)C(=O)OC1CCCCC1C. The molecule has 1 aliphatic carbocycles. The molecule has 3 atom stereocenters. The van der Waals surface area contributed by atoms with Gasteiger partial charge >= 0.3 is 5.97 Å². The second kappa shape index (κ2) is 5.50. The van der Waals surface area contributed by atoms with Crippen LogP contribution in [0.25, 0.3) is 0 Å². The molecule has 15 heavy (non-hydrogen) atoms. The fourth-order valence-electron chi connectivity index (χ4n) is 1.96.